The van der Waals surface area contributed by atoms with E-state index in [2.05, 4.69) is 15.4 Å². The first-order valence-electron chi connectivity index (χ1n) is 9.08. The predicted octanol–water partition coefficient (Wildman–Crippen LogP) is 4.70. The van der Waals surface area contributed by atoms with Crippen LogP contribution in [-0.2, 0) is 17.8 Å². The maximum absolute atomic E-state index is 12.4. The second kappa shape index (κ2) is 8.23. The normalized spacial score (nSPS) is 10.9. The SMILES string of the molecule is O=C(CCc1cccnc1)Nc1nn(Cc2ccc(Cl)cc2)c2ccccc12. The Morgan fingerprint density at radius 1 is 1.00 bits per heavy atom. The molecule has 0 bridgehead atoms. The summed E-state index contributed by atoms with van der Waals surface area (Å²) in [6, 6.07) is 19.4. The van der Waals surface area contributed by atoms with Crippen molar-refractivity contribution < 1.29 is 4.79 Å². The number of anilines is 1. The van der Waals surface area contributed by atoms with Gasteiger partial charge in [-0.2, -0.15) is 5.10 Å². The largest absolute Gasteiger partial charge is 0.309 e. The summed E-state index contributed by atoms with van der Waals surface area (Å²) in [5, 5.41) is 9.23. The number of carbonyl (C=O) groups is 1. The molecule has 0 atom stereocenters. The molecule has 0 aliphatic heterocycles. The second-order valence-corrected chi connectivity index (χ2v) is 7.00. The van der Waals surface area contributed by atoms with E-state index in [9.17, 15) is 4.79 Å². The Labute approximate surface area is 168 Å². The Hall–Kier alpha value is -3.18. The average molecular weight is 391 g/mol. The monoisotopic (exact) mass is 390 g/mol. The van der Waals surface area contributed by atoms with Gasteiger partial charge in [0.05, 0.1) is 12.1 Å². The van der Waals surface area contributed by atoms with Gasteiger partial charge in [0, 0.05) is 29.2 Å². The molecule has 1 N–H and O–H groups in total. The quantitative estimate of drug-likeness (QED) is 0.519. The van der Waals surface area contributed by atoms with Crippen LogP contribution in [-0.4, -0.2) is 20.7 Å². The van der Waals surface area contributed by atoms with Crippen LogP contribution in [0.3, 0.4) is 0 Å². The van der Waals surface area contributed by atoms with Crippen LogP contribution in [0.4, 0.5) is 5.82 Å². The number of hydrogen-bond acceptors (Lipinski definition) is 3. The Kier molecular flexibility index (Phi) is 5.35. The van der Waals surface area contributed by atoms with Crippen molar-refractivity contribution in [3.05, 3.63) is 89.2 Å². The van der Waals surface area contributed by atoms with Gasteiger partial charge in [0.15, 0.2) is 5.82 Å². The van der Waals surface area contributed by atoms with Crippen molar-refractivity contribution in [3.63, 3.8) is 0 Å². The molecule has 0 saturated carbocycles. The standard InChI is InChI=1S/C22H19ClN4O/c23-18-10-7-17(8-11-18)15-27-20-6-2-1-5-19(20)22(26-27)25-21(28)12-9-16-4-3-13-24-14-16/h1-8,10-11,13-14H,9,12,15H2,(H,25,26,28). The van der Waals surface area contributed by atoms with Crippen LogP contribution < -0.4 is 5.32 Å². The van der Waals surface area contributed by atoms with Crippen LogP contribution in [0.25, 0.3) is 10.9 Å². The van der Waals surface area contributed by atoms with Gasteiger partial charge >= 0.3 is 0 Å². The minimum Gasteiger partial charge on any atom is -0.309 e. The summed E-state index contributed by atoms with van der Waals surface area (Å²) in [6.07, 6.45) is 4.53. The lowest BCUT2D eigenvalue weighted by Gasteiger charge is -2.04. The summed E-state index contributed by atoms with van der Waals surface area (Å²) in [7, 11) is 0. The van der Waals surface area contributed by atoms with E-state index in [1.807, 2.05) is 65.3 Å². The summed E-state index contributed by atoms with van der Waals surface area (Å²) >= 11 is 5.97. The maximum atomic E-state index is 12.4. The number of pyridine rings is 1. The zero-order chi connectivity index (χ0) is 19.3. The van der Waals surface area contributed by atoms with Gasteiger partial charge in [-0.1, -0.05) is 41.9 Å². The minimum absolute atomic E-state index is 0.0641. The first-order chi connectivity index (χ1) is 13.7. The number of amides is 1. The van der Waals surface area contributed by atoms with Gasteiger partial charge in [0.1, 0.15) is 0 Å². The van der Waals surface area contributed by atoms with Crippen LogP contribution in [0.1, 0.15) is 17.5 Å². The highest BCUT2D eigenvalue weighted by atomic mass is 35.5. The van der Waals surface area contributed by atoms with E-state index >= 15 is 0 Å². The Balaban J connectivity index is 1.52. The smallest absolute Gasteiger partial charge is 0.225 e. The van der Waals surface area contributed by atoms with Crippen molar-refractivity contribution in [2.75, 3.05) is 5.32 Å². The van der Waals surface area contributed by atoms with Crippen molar-refractivity contribution in [1.82, 2.24) is 14.8 Å². The fourth-order valence-electron chi connectivity index (χ4n) is 3.10. The number of hydrogen-bond donors (Lipinski definition) is 1. The number of carbonyl (C=O) groups excluding carboxylic acids is 1. The van der Waals surface area contributed by atoms with Crippen molar-refractivity contribution >= 4 is 34.2 Å². The average Bonchev–Trinajstić information content (AvgIpc) is 3.06. The molecule has 28 heavy (non-hydrogen) atoms. The third-order valence-corrected chi connectivity index (χ3v) is 4.78. The third-order valence-electron chi connectivity index (χ3n) is 4.52. The summed E-state index contributed by atoms with van der Waals surface area (Å²) in [5.74, 6) is 0.520. The van der Waals surface area contributed by atoms with Gasteiger partial charge in [0.2, 0.25) is 5.91 Å². The van der Waals surface area contributed by atoms with Gasteiger partial charge < -0.3 is 5.32 Å². The summed E-state index contributed by atoms with van der Waals surface area (Å²) < 4.78 is 1.90. The van der Waals surface area contributed by atoms with Crippen LogP contribution in [0.2, 0.25) is 5.02 Å². The van der Waals surface area contributed by atoms with Crippen molar-refractivity contribution in [2.24, 2.45) is 0 Å². The van der Waals surface area contributed by atoms with Crippen LogP contribution in [0.5, 0.6) is 0 Å². The van der Waals surface area contributed by atoms with Crippen LogP contribution in [0, 0.1) is 0 Å². The number of benzene rings is 2. The molecular weight excluding hydrogens is 372 g/mol. The zero-order valence-electron chi connectivity index (χ0n) is 15.2. The van der Waals surface area contributed by atoms with E-state index < -0.39 is 0 Å². The zero-order valence-corrected chi connectivity index (χ0v) is 15.9. The van der Waals surface area contributed by atoms with Gasteiger partial charge in [-0.15, -0.1) is 0 Å². The topological polar surface area (TPSA) is 59.8 Å². The van der Waals surface area contributed by atoms with Gasteiger partial charge in [0.25, 0.3) is 0 Å². The molecule has 6 heteroatoms. The number of aromatic nitrogens is 3. The lowest BCUT2D eigenvalue weighted by molar-refractivity contribution is -0.116. The van der Waals surface area contributed by atoms with E-state index in [1.54, 1.807) is 12.4 Å². The molecule has 0 aliphatic rings. The van der Waals surface area contributed by atoms with E-state index in [0.29, 0.717) is 30.2 Å². The fourth-order valence-corrected chi connectivity index (χ4v) is 3.23. The molecule has 2 aromatic heterocycles. The third kappa shape index (κ3) is 4.21. The molecule has 0 saturated heterocycles. The molecule has 2 heterocycles. The minimum atomic E-state index is -0.0641. The highest BCUT2D eigenvalue weighted by Crippen LogP contribution is 2.24. The highest BCUT2D eigenvalue weighted by molar-refractivity contribution is 6.30. The molecule has 4 rings (SSSR count). The Bertz CT molecular complexity index is 1090. The number of para-hydroxylation sites is 1. The van der Waals surface area contributed by atoms with Crippen molar-refractivity contribution in [2.45, 2.75) is 19.4 Å². The van der Waals surface area contributed by atoms with E-state index in [0.717, 1.165) is 22.0 Å². The Morgan fingerprint density at radius 2 is 1.82 bits per heavy atom. The summed E-state index contributed by atoms with van der Waals surface area (Å²) in [6.45, 7) is 0.600. The molecule has 0 fully saturated rings. The van der Waals surface area contributed by atoms with Gasteiger partial charge in [-0.25, -0.2) is 0 Å². The van der Waals surface area contributed by atoms with E-state index in [1.165, 1.54) is 0 Å². The number of nitrogens with zero attached hydrogens (tertiary/aromatic N) is 3. The molecule has 2 aromatic carbocycles. The molecule has 0 spiro atoms. The molecule has 140 valence electrons. The van der Waals surface area contributed by atoms with Crippen molar-refractivity contribution in [1.29, 1.82) is 0 Å². The molecular formula is C22H19ClN4O. The highest BCUT2D eigenvalue weighted by Gasteiger charge is 2.13. The number of halogens is 1. The predicted molar refractivity (Wildman–Crippen MR) is 111 cm³/mol. The molecule has 4 aromatic rings. The number of aryl methyl sites for hydroxylation is 1. The molecule has 0 aliphatic carbocycles. The van der Waals surface area contributed by atoms with Crippen LogP contribution >= 0.6 is 11.6 Å². The summed E-state index contributed by atoms with van der Waals surface area (Å²) in [4.78, 5) is 16.5. The molecule has 0 unspecified atom stereocenters. The molecule has 1 amide bonds. The lowest BCUT2D eigenvalue weighted by atomic mass is 10.1. The first kappa shape index (κ1) is 18.2. The molecule has 0 radical (unpaired) electrons. The second-order valence-electron chi connectivity index (χ2n) is 6.56. The fraction of sp³-hybridized carbons (Fsp3) is 0.136. The van der Waals surface area contributed by atoms with Crippen molar-refractivity contribution in [3.8, 4) is 0 Å². The molecule has 5 nitrogen and oxygen atoms in total. The Morgan fingerprint density at radius 3 is 2.61 bits per heavy atom. The van der Waals surface area contributed by atoms with Gasteiger partial charge in [-0.05, 0) is 47.9 Å². The van der Waals surface area contributed by atoms with Crippen LogP contribution in [0.15, 0.2) is 73.1 Å². The summed E-state index contributed by atoms with van der Waals surface area (Å²) in [5.41, 5.74) is 3.10. The van der Waals surface area contributed by atoms with Gasteiger partial charge in [-0.3, -0.25) is 14.5 Å². The number of nitrogens with one attached hydrogen (secondary N) is 1. The lowest BCUT2D eigenvalue weighted by Crippen LogP contribution is -2.13. The first-order valence-corrected chi connectivity index (χ1v) is 9.45. The van der Waals surface area contributed by atoms with E-state index in [4.69, 9.17) is 11.6 Å². The van der Waals surface area contributed by atoms with E-state index in [-0.39, 0.29) is 5.91 Å². The number of fused-ring (bicyclic) bond motifs is 1. The maximum Gasteiger partial charge on any atom is 0.225 e. The number of rotatable bonds is 6.